The highest BCUT2D eigenvalue weighted by atomic mass is 35.5. The molecule has 0 saturated carbocycles. The lowest BCUT2D eigenvalue weighted by Gasteiger charge is -2.08. The molecule has 0 radical (unpaired) electrons. The number of nitrogens with two attached hydrogens (primary N) is 1. The summed E-state index contributed by atoms with van der Waals surface area (Å²) in [6.07, 6.45) is 0. The van der Waals surface area contributed by atoms with Gasteiger partial charge in [0.15, 0.2) is 0 Å². The highest BCUT2D eigenvalue weighted by Gasteiger charge is 2.19. The largest absolute Gasteiger partial charge is 0.344 e. The first-order chi connectivity index (χ1) is 8.09. The zero-order valence-corrected chi connectivity index (χ0v) is 10.3. The van der Waals surface area contributed by atoms with Crippen LogP contribution >= 0.6 is 11.6 Å². The molecule has 0 amide bonds. The van der Waals surface area contributed by atoms with Gasteiger partial charge in [0, 0.05) is 19.1 Å². The Labute approximate surface area is 104 Å². The van der Waals surface area contributed by atoms with E-state index in [0.717, 1.165) is 5.56 Å². The number of halogens is 1. The van der Waals surface area contributed by atoms with Gasteiger partial charge in [-0.15, -0.1) is 0 Å². The molecule has 0 spiro atoms. The Morgan fingerprint density at radius 1 is 1.35 bits per heavy atom. The normalized spacial score (nSPS) is 12.5. The predicted molar refractivity (Wildman–Crippen MR) is 66.1 cm³/mol. The SMILES string of the molecule is CN(C)c1noc([C@H](N)c2ccccc2Cl)n1. The van der Waals surface area contributed by atoms with Gasteiger partial charge in [0.25, 0.3) is 5.95 Å². The van der Waals surface area contributed by atoms with Crippen molar-refractivity contribution in [1.29, 1.82) is 0 Å². The Kier molecular flexibility index (Phi) is 3.31. The Morgan fingerprint density at radius 2 is 2.06 bits per heavy atom. The minimum absolute atomic E-state index is 0.349. The van der Waals surface area contributed by atoms with E-state index in [1.165, 1.54) is 0 Å². The average Bonchev–Trinajstić information content (AvgIpc) is 2.78. The molecule has 0 unspecified atom stereocenters. The van der Waals surface area contributed by atoms with Crippen molar-refractivity contribution in [1.82, 2.24) is 10.1 Å². The summed E-state index contributed by atoms with van der Waals surface area (Å²) in [5.41, 5.74) is 6.80. The molecule has 2 rings (SSSR count). The van der Waals surface area contributed by atoms with Gasteiger partial charge in [-0.1, -0.05) is 29.8 Å². The second-order valence-corrected chi connectivity index (χ2v) is 4.23. The van der Waals surface area contributed by atoms with Crippen molar-refractivity contribution in [3.8, 4) is 0 Å². The van der Waals surface area contributed by atoms with Crippen LogP contribution in [0.15, 0.2) is 28.8 Å². The van der Waals surface area contributed by atoms with Gasteiger partial charge in [0.2, 0.25) is 5.89 Å². The van der Waals surface area contributed by atoms with Crippen molar-refractivity contribution in [2.75, 3.05) is 19.0 Å². The monoisotopic (exact) mass is 252 g/mol. The lowest BCUT2D eigenvalue weighted by Crippen LogP contribution is -2.14. The van der Waals surface area contributed by atoms with Crippen LogP contribution < -0.4 is 10.6 Å². The minimum Gasteiger partial charge on any atom is -0.344 e. The highest BCUT2D eigenvalue weighted by molar-refractivity contribution is 6.31. The second-order valence-electron chi connectivity index (χ2n) is 3.83. The molecule has 0 aliphatic rings. The first kappa shape index (κ1) is 11.9. The molecule has 0 aliphatic carbocycles. The van der Waals surface area contributed by atoms with Gasteiger partial charge in [-0.05, 0) is 16.8 Å². The summed E-state index contributed by atoms with van der Waals surface area (Å²) in [7, 11) is 3.66. The predicted octanol–water partition coefficient (Wildman–Crippen LogP) is 1.84. The van der Waals surface area contributed by atoms with E-state index in [1.807, 2.05) is 32.3 Å². The molecular weight excluding hydrogens is 240 g/mol. The Hall–Kier alpha value is -1.59. The van der Waals surface area contributed by atoms with Crippen LogP contribution in [0.2, 0.25) is 5.02 Å². The summed E-state index contributed by atoms with van der Waals surface area (Å²) in [6, 6.07) is 6.82. The Bertz CT molecular complexity index is 512. The zero-order chi connectivity index (χ0) is 12.4. The molecule has 1 atom stereocenters. The standard InChI is InChI=1S/C11H13ClN4O/c1-16(2)11-14-10(17-15-11)9(13)7-5-3-4-6-8(7)12/h3-6,9H,13H2,1-2H3/t9-/m1/s1. The van der Waals surface area contributed by atoms with Crippen molar-refractivity contribution in [3.63, 3.8) is 0 Å². The summed E-state index contributed by atoms with van der Waals surface area (Å²) in [5, 5.41) is 4.40. The van der Waals surface area contributed by atoms with Crippen LogP contribution in [0.25, 0.3) is 0 Å². The van der Waals surface area contributed by atoms with Crippen molar-refractivity contribution in [2.24, 2.45) is 5.73 Å². The summed E-state index contributed by atoms with van der Waals surface area (Å²) >= 11 is 6.06. The molecule has 1 aromatic carbocycles. The van der Waals surface area contributed by atoms with Gasteiger partial charge in [0.05, 0.1) is 0 Å². The van der Waals surface area contributed by atoms with E-state index in [0.29, 0.717) is 16.9 Å². The maximum atomic E-state index is 6.06. The van der Waals surface area contributed by atoms with Crippen molar-refractivity contribution < 1.29 is 4.52 Å². The van der Waals surface area contributed by atoms with Crippen LogP contribution in [0, 0.1) is 0 Å². The van der Waals surface area contributed by atoms with Crippen molar-refractivity contribution >= 4 is 17.5 Å². The molecule has 17 heavy (non-hydrogen) atoms. The minimum atomic E-state index is -0.509. The number of hydrogen-bond acceptors (Lipinski definition) is 5. The molecule has 1 aromatic heterocycles. The van der Waals surface area contributed by atoms with Crippen LogP contribution in [0.4, 0.5) is 5.95 Å². The average molecular weight is 253 g/mol. The van der Waals surface area contributed by atoms with Crippen LogP contribution in [0.5, 0.6) is 0 Å². The number of nitrogens with zero attached hydrogens (tertiary/aromatic N) is 3. The van der Waals surface area contributed by atoms with Crippen LogP contribution in [0.3, 0.4) is 0 Å². The number of aromatic nitrogens is 2. The molecule has 6 heteroatoms. The lowest BCUT2D eigenvalue weighted by atomic mass is 10.1. The van der Waals surface area contributed by atoms with E-state index in [4.69, 9.17) is 21.9 Å². The Morgan fingerprint density at radius 3 is 2.65 bits per heavy atom. The number of rotatable bonds is 3. The van der Waals surface area contributed by atoms with Crippen LogP contribution in [-0.2, 0) is 0 Å². The van der Waals surface area contributed by atoms with E-state index < -0.39 is 6.04 Å². The summed E-state index contributed by atoms with van der Waals surface area (Å²) in [6.45, 7) is 0. The third-order valence-corrected chi connectivity index (χ3v) is 2.68. The lowest BCUT2D eigenvalue weighted by molar-refractivity contribution is 0.367. The van der Waals surface area contributed by atoms with Gasteiger partial charge in [0.1, 0.15) is 6.04 Å². The number of hydrogen-bond donors (Lipinski definition) is 1. The molecule has 1 heterocycles. The van der Waals surface area contributed by atoms with Gasteiger partial charge in [-0.3, -0.25) is 0 Å². The van der Waals surface area contributed by atoms with Gasteiger partial charge in [-0.2, -0.15) is 4.98 Å². The van der Waals surface area contributed by atoms with Crippen LogP contribution in [0.1, 0.15) is 17.5 Å². The first-order valence-corrected chi connectivity index (χ1v) is 5.48. The number of anilines is 1. The smallest absolute Gasteiger partial charge is 0.265 e. The highest BCUT2D eigenvalue weighted by Crippen LogP contribution is 2.25. The van der Waals surface area contributed by atoms with E-state index in [1.54, 1.807) is 11.0 Å². The molecule has 2 aromatic rings. The molecule has 5 nitrogen and oxygen atoms in total. The fraction of sp³-hybridized carbons (Fsp3) is 0.273. The summed E-state index contributed by atoms with van der Waals surface area (Å²) < 4.78 is 5.11. The second kappa shape index (κ2) is 4.73. The third-order valence-electron chi connectivity index (χ3n) is 2.34. The fourth-order valence-electron chi connectivity index (χ4n) is 1.40. The molecular formula is C11H13ClN4O. The van der Waals surface area contributed by atoms with Crippen molar-refractivity contribution in [2.45, 2.75) is 6.04 Å². The van der Waals surface area contributed by atoms with Crippen molar-refractivity contribution in [3.05, 3.63) is 40.7 Å². The molecule has 2 N–H and O–H groups in total. The molecule has 0 fully saturated rings. The molecule has 0 aliphatic heterocycles. The van der Waals surface area contributed by atoms with Gasteiger partial charge in [-0.25, -0.2) is 0 Å². The number of benzene rings is 1. The van der Waals surface area contributed by atoms with E-state index in [-0.39, 0.29) is 0 Å². The quantitative estimate of drug-likeness (QED) is 0.903. The van der Waals surface area contributed by atoms with Gasteiger partial charge >= 0.3 is 0 Å². The van der Waals surface area contributed by atoms with E-state index in [9.17, 15) is 0 Å². The third kappa shape index (κ3) is 2.40. The maximum absolute atomic E-state index is 6.06. The van der Waals surface area contributed by atoms with Gasteiger partial charge < -0.3 is 15.2 Å². The molecule has 0 saturated heterocycles. The van der Waals surface area contributed by atoms with E-state index in [2.05, 4.69) is 10.1 Å². The Balaban J connectivity index is 2.31. The zero-order valence-electron chi connectivity index (χ0n) is 9.59. The molecule has 90 valence electrons. The topological polar surface area (TPSA) is 68.2 Å². The van der Waals surface area contributed by atoms with Crippen LogP contribution in [-0.4, -0.2) is 24.2 Å². The maximum Gasteiger partial charge on any atom is 0.265 e. The first-order valence-electron chi connectivity index (χ1n) is 5.10. The fourth-order valence-corrected chi connectivity index (χ4v) is 1.65. The van der Waals surface area contributed by atoms with E-state index >= 15 is 0 Å². The summed E-state index contributed by atoms with van der Waals surface area (Å²) in [5.74, 6) is 0.837. The summed E-state index contributed by atoms with van der Waals surface area (Å²) in [4.78, 5) is 5.93. The molecule has 0 bridgehead atoms.